The first-order valence-corrected chi connectivity index (χ1v) is 7.92. The molecule has 0 saturated carbocycles. The minimum Gasteiger partial charge on any atom is -0.314 e. The summed E-state index contributed by atoms with van der Waals surface area (Å²) in [6.07, 6.45) is 3.89. The summed E-state index contributed by atoms with van der Waals surface area (Å²) >= 11 is 11.9. The van der Waals surface area contributed by atoms with Crippen molar-refractivity contribution in [2.24, 2.45) is 0 Å². The molecule has 0 radical (unpaired) electrons. The second-order valence-corrected chi connectivity index (χ2v) is 6.15. The molecule has 0 spiro atoms. The maximum Gasteiger partial charge on any atom is 0.156 e. The molecule has 1 atom stereocenters. The van der Waals surface area contributed by atoms with Gasteiger partial charge in [0.15, 0.2) is 5.78 Å². The van der Waals surface area contributed by atoms with Gasteiger partial charge in [-0.15, -0.1) is 12.4 Å². The summed E-state index contributed by atoms with van der Waals surface area (Å²) in [5.74, 6) is 0.117. The zero-order valence-corrected chi connectivity index (χ0v) is 14.8. The van der Waals surface area contributed by atoms with Gasteiger partial charge in [0.2, 0.25) is 0 Å². The second kappa shape index (κ2) is 9.53. The highest BCUT2D eigenvalue weighted by Crippen LogP contribution is 2.22. The van der Waals surface area contributed by atoms with E-state index in [9.17, 15) is 4.79 Å². The van der Waals surface area contributed by atoms with Crippen LogP contribution in [0.25, 0.3) is 6.08 Å². The first-order chi connectivity index (χ1) is 10.1. The molecular weight excluding hydrogens is 343 g/mol. The fourth-order valence-electron chi connectivity index (χ4n) is 2.37. The van der Waals surface area contributed by atoms with Crippen LogP contribution in [0.2, 0.25) is 10.0 Å². The Hall–Kier alpha value is -0.580. The standard InChI is InChI=1S/C16H20Cl2N2O.ClH/c1-12-11-19-7-9-20(12)8-6-15(21)5-3-13-2-4-14(17)10-16(13)18;/h2-5,10,12,19H,6-9,11H2,1H3;1H. The number of piperazine rings is 1. The summed E-state index contributed by atoms with van der Waals surface area (Å²) in [5, 5.41) is 4.49. The molecule has 1 aromatic rings. The van der Waals surface area contributed by atoms with Crippen LogP contribution in [0.5, 0.6) is 0 Å². The Kier molecular flexibility index (Phi) is 8.44. The molecule has 1 aromatic carbocycles. The molecule has 1 saturated heterocycles. The quantitative estimate of drug-likeness (QED) is 0.810. The van der Waals surface area contributed by atoms with Crippen LogP contribution in [0.3, 0.4) is 0 Å². The molecule has 1 fully saturated rings. The number of halogens is 3. The number of carbonyl (C=O) groups excluding carboxylic acids is 1. The van der Waals surface area contributed by atoms with Gasteiger partial charge in [0.1, 0.15) is 0 Å². The lowest BCUT2D eigenvalue weighted by Crippen LogP contribution is -2.50. The smallest absolute Gasteiger partial charge is 0.156 e. The molecule has 1 heterocycles. The number of hydrogen-bond acceptors (Lipinski definition) is 3. The highest BCUT2D eigenvalue weighted by atomic mass is 35.5. The summed E-state index contributed by atoms with van der Waals surface area (Å²) in [6, 6.07) is 5.74. The molecule has 3 nitrogen and oxygen atoms in total. The predicted octanol–water partition coefficient (Wildman–Crippen LogP) is 3.68. The third-order valence-electron chi connectivity index (χ3n) is 3.70. The van der Waals surface area contributed by atoms with Gasteiger partial charge in [0.05, 0.1) is 0 Å². The van der Waals surface area contributed by atoms with E-state index in [1.807, 2.05) is 6.07 Å². The lowest BCUT2D eigenvalue weighted by molar-refractivity contribution is -0.115. The number of benzene rings is 1. The minimum absolute atomic E-state index is 0. The number of ketones is 1. The van der Waals surface area contributed by atoms with Crippen LogP contribution in [0, 0.1) is 0 Å². The molecule has 1 N–H and O–H groups in total. The highest BCUT2D eigenvalue weighted by Gasteiger charge is 2.17. The molecule has 22 heavy (non-hydrogen) atoms. The van der Waals surface area contributed by atoms with Crippen molar-refractivity contribution in [2.45, 2.75) is 19.4 Å². The van der Waals surface area contributed by atoms with Gasteiger partial charge in [0, 0.05) is 48.7 Å². The molecular formula is C16H21Cl3N2O. The summed E-state index contributed by atoms with van der Waals surface area (Å²) in [4.78, 5) is 14.3. The number of nitrogens with zero attached hydrogens (tertiary/aromatic N) is 1. The number of nitrogens with one attached hydrogen (secondary N) is 1. The van der Waals surface area contributed by atoms with E-state index in [0.29, 0.717) is 22.5 Å². The minimum atomic E-state index is 0. The van der Waals surface area contributed by atoms with Gasteiger partial charge >= 0.3 is 0 Å². The van der Waals surface area contributed by atoms with Gasteiger partial charge in [-0.05, 0) is 36.8 Å². The molecule has 0 aliphatic carbocycles. The van der Waals surface area contributed by atoms with E-state index in [2.05, 4.69) is 17.1 Å². The van der Waals surface area contributed by atoms with Crippen molar-refractivity contribution in [1.82, 2.24) is 10.2 Å². The van der Waals surface area contributed by atoms with Crippen LogP contribution in [0.1, 0.15) is 18.9 Å². The van der Waals surface area contributed by atoms with E-state index >= 15 is 0 Å². The van der Waals surface area contributed by atoms with Crippen LogP contribution in [-0.2, 0) is 4.79 Å². The summed E-state index contributed by atoms with van der Waals surface area (Å²) in [7, 11) is 0. The van der Waals surface area contributed by atoms with Crippen LogP contribution in [-0.4, -0.2) is 42.9 Å². The SMILES string of the molecule is CC1CNCCN1CCC(=O)C=Cc1ccc(Cl)cc1Cl.Cl. The van der Waals surface area contributed by atoms with Crippen molar-refractivity contribution < 1.29 is 4.79 Å². The van der Waals surface area contributed by atoms with Crippen LogP contribution in [0.4, 0.5) is 0 Å². The Bertz CT molecular complexity index is 534. The van der Waals surface area contributed by atoms with Crippen molar-refractivity contribution >= 4 is 47.5 Å². The average molecular weight is 364 g/mol. The van der Waals surface area contributed by atoms with Gasteiger partial charge in [-0.1, -0.05) is 29.3 Å². The van der Waals surface area contributed by atoms with Crippen molar-refractivity contribution in [3.8, 4) is 0 Å². The molecule has 1 unspecified atom stereocenters. The molecule has 1 aliphatic rings. The summed E-state index contributed by atoms with van der Waals surface area (Å²) < 4.78 is 0. The zero-order valence-electron chi connectivity index (χ0n) is 12.5. The van der Waals surface area contributed by atoms with E-state index in [4.69, 9.17) is 23.2 Å². The maximum absolute atomic E-state index is 11.9. The van der Waals surface area contributed by atoms with Crippen molar-refractivity contribution in [3.05, 3.63) is 39.9 Å². The van der Waals surface area contributed by atoms with E-state index in [-0.39, 0.29) is 18.2 Å². The van der Waals surface area contributed by atoms with E-state index in [1.54, 1.807) is 24.3 Å². The van der Waals surface area contributed by atoms with E-state index < -0.39 is 0 Å². The van der Waals surface area contributed by atoms with Gasteiger partial charge in [0.25, 0.3) is 0 Å². The van der Waals surface area contributed by atoms with E-state index in [0.717, 1.165) is 31.7 Å². The molecule has 6 heteroatoms. The van der Waals surface area contributed by atoms with Gasteiger partial charge in [-0.25, -0.2) is 0 Å². The first-order valence-electron chi connectivity index (χ1n) is 7.17. The molecule has 0 aromatic heterocycles. The van der Waals surface area contributed by atoms with Gasteiger partial charge in [-0.3, -0.25) is 9.69 Å². The molecule has 2 rings (SSSR count). The molecule has 122 valence electrons. The Labute approximate surface area is 148 Å². The van der Waals surface area contributed by atoms with Crippen molar-refractivity contribution in [3.63, 3.8) is 0 Å². The van der Waals surface area contributed by atoms with Crippen molar-refractivity contribution in [1.29, 1.82) is 0 Å². The normalized spacial score (nSPS) is 19.1. The number of hydrogen-bond donors (Lipinski definition) is 1. The molecule has 0 bridgehead atoms. The second-order valence-electron chi connectivity index (χ2n) is 5.30. The molecule has 0 amide bonds. The third kappa shape index (κ3) is 5.90. The Morgan fingerprint density at radius 1 is 1.45 bits per heavy atom. The van der Waals surface area contributed by atoms with Crippen LogP contribution < -0.4 is 5.32 Å². The number of rotatable bonds is 5. The highest BCUT2D eigenvalue weighted by molar-refractivity contribution is 6.35. The fourth-order valence-corrected chi connectivity index (χ4v) is 2.84. The Morgan fingerprint density at radius 2 is 2.23 bits per heavy atom. The zero-order chi connectivity index (χ0) is 15.2. The van der Waals surface area contributed by atoms with Crippen LogP contribution in [0.15, 0.2) is 24.3 Å². The average Bonchev–Trinajstić information content (AvgIpc) is 2.45. The fraction of sp³-hybridized carbons (Fsp3) is 0.438. The third-order valence-corrected chi connectivity index (χ3v) is 4.26. The maximum atomic E-state index is 11.9. The summed E-state index contributed by atoms with van der Waals surface area (Å²) in [6.45, 7) is 5.97. The number of carbonyl (C=O) groups is 1. The molecule has 1 aliphatic heterocycles. The lowest BCUT2D eigenvalue weighted by Gasteiger charge is -2.33. The van der Waals surface area contributed by atoms with Gasteiger partial charge < -0.3 is 5.32 Å². The largest absolute Gasteiger partial charge is 0.314 e. The Balaban J connectivity index is 0.00000242. The predicted molar refractivity (Wildman–Crippen MR) is 96.3 cm³/mol. The van der Waals surface area contributed by atoms with Gasteiger partial charge in [-0.2, -0.15) is 0 Å². The summed E-state index contributed by atoms with van der Waals surface area (Å²) in [5.41, 5.74) is 0.810. The lowest BCUT2D eigenvalue weighted by atomic mass is 10.1. The van der Waals surface area contributed by atoms with Crippen LogP contribution >= 0.6 is 35.6 Å². The monoisotopic (exact) mass is 362 g/mol. The van der Waals surface area contributed by atoms with E-state index in [1.165, 1.54) is 0 Å². The van der Waals surface area contributed by atoms with Crippen molar-refractivity contribution in [2.75, 3.05) is 26.2 Å². The first kappa shape index (κ1) is 19.5. The topological polar surface area (TPSA) is 32.3 Å². The Morgan fingerprint density at radius 3 is 2.91 bits per heavy atom. The number of allylic oxidation sites excluding steroid dienone is 1.